The molecule has 0 saturated carbocycles. The number of aromatic nitrogens is 1. The van der Waals surface area contributed by atoms with Crippen molar-refractivity contribution < 1.29 is 41.7 Å². The fourth-order valence-electron chi connectivity index (χ4n) is 3.86. The Kier molecular flexibility index (Phi) is 8.21. The molecule has 1 N–H and O–H groups in total. The normalized spacial score (nSPS) is 18.7. The zero-order valence-corrected chi connectivity index (χ0v) is 18.1. The number of carboxylic acids is 1. The highest BCUT2D eigenvalue weighted by Crippen LogP contribution is 2.40. The van der Waals surface area contributed by atoms with E-state index in [0.717, 1.165) is 12.0 Å². The summed E-state index contributed by atoms with van der Waals surface area (Å²) in [6.07, 6.45) is -0.550. The Bertz CT molecular complexity index is 981. The second-order valence-electron chi connectivity index (χ2n) is 8.09. The molecule has 2 aromatic rings. The van der Waals surface area contributed by atoms with Crippen LogP contribution in [0.4, 0.5) is 17.6 Å². The smallest absolute Gasteiger partial charge is 0.475 e. The third-order valence-electron chi connectivity index (χ3n) is 5.75. The molecule has 0 radical (unpaired) electrons. The second kappa shape index (κ2) is 10.9. The first-order valence-corrected chi connectivity index (χ1v) is 10.5. The molecule has 2 aliphatic heterocycles. The van der Waals surface area contributed by atoms with Crippen LogP contribution < -0.4 is 0 Å². The molecule has 3 heterocycles. The van der Waals surface area contributed by atoms with Gasteiger partial charge in [0.1, 0.15) is 11.4 Å². The molecule has 1 aromatic carbocycles. The summed E-state index contributed by atoms with van der Waals surface area (Å²) in [5, 5.41) is 7.12. The minimum Gasteiger partial charge on any atom is -0.475 e. The van der Waals surface area contributed by atoms with Crippen LogP contribution >= 0.6 is 0 Å². The van der Waals surface area contributed by atoms with Gasteiger partial charge in [0.05, 0.1) is 32.7 Å². The summed E-state index contributed by atoms with van der Waals surface area (Å²) < 4.78 is 57.4. The third-order valence-corrected chi connectivity index (χ3v) is 5.75. The molecule has 11 heteroatoms. The van der Waals surface area contributed by atoms with E-state index in [9.17, 15) is 22.4 Å². The van der Waals surface area contributed by atoms with E-state index in [1.54, 1.807) is 35.5 Å². The van der Waals surface area contributed by atoms with Gasteiger partial charge in [0, 0.05) is 24.9 Å². The Labute approximate surface area is 193 Å². The van der Waals surface area contributed by atoms with E-state index in [1.165, 1.54) is 6.07 Å². The van der Waals surface area contributed by atoms with Crippen molar-refractivity contribution in [2.24, 2.45) is 5.92 Å². The van der Waals surface area contributed by atoms with Gasteiger partial charge in [-0.15, -0.1) is 0 Å². The number of amides is 1. The van der Waals surface area contributed by atoms with Crippen molar-refractivity contribution in [1.29, 1.82) is 0 Å². The number of hydrogen-bond acceptors (Lipinski definition) is 5. The summed E-state index contributed by atoms with van der Waals surface area (Å²) in [7, 11) is 0. The molecule has 2 saturated heterocycles. The highest BCUT2D eigenvalue weighted by atomic mass is 19.4. The number of nitrogens with zero attached hydrogens (tertiary/aromatic N) is 2. The lowest BCUT2D eigenvalue weighted by Crippen LogP contribution is -2.66. The molecule has 184 valence electrons. The Morgan fingerprint density at radius 2 is 1.82 bits per heavy atom. The lowest BCUT2D eigenvalue weighted by Gasteiger charge is -2.50. The van der Waals surface area contributed by atoms with E-state index in [4.69, 9.17) is 19.4 Å². The van der Waals surface area contributed by atoms with E-state index in [-0.39, 0.29) is 29.7 Å². The van der Waals surface area contributed by atoms with E-state index in [2.05, 4.69) is 4.98 Å². The number of halogens is 4. The van der Waals surface area contributed by atoms with E-state index >= 15 is 0 Å². The quantitative estimate of drug-likeness (QED) is 0.634. The number of alkyl halides is 3. The molecule has 1 spiro atoms. The first kappa shape index (κ1) is 25.6. The topological polar surface area (TPSA) is 89.0 Å². The van der Waals surface area contributed by atoms with E-state index in [1.807, 2.05) is 12.1 Å². The molecule has 1 aromatic heterocycles. The summed E-state index contributed by atoms with van der Waals surface area (Å²) in [6, 6.07) is 10.3. The Morgan fingerprint density at radius 1 is 1.18 bits per heavy atom. The molecule has 7 nitrogen and oxygen atoms in total. The molecule has 0 bridgehead atoms. The summed E-state index contributed by atoms with van der Waals surface area (Å²) in [4.78, 5) is 27.1. The Hall–Kier alpha value is -3.05. The van der Waals surface area contributed by atoms with Crippen LogP contribution in [0.5, 0.6) is 0 Å². The molecule has 2 aliphatic rings. The van der Waals surface area contributed by atoms with Crippen molar-refractivity contribution in [3.8, 4) is 0 Å². The van der Waals surface area contributed by atoms with Gasteiger partial charge in [-0.1, -0.05) is 18.2 Å². The molecule has 1 unspecified atom stereocenters. The number of benzene rings is 1. The summed E-state index contributed by atoms with van der Waals surface area (Å²) >= 11 is 0. The zero-order valence-electron chi connectivity index (χ0n) is 18.1. The van der Waals surface area contributed by atoms with Crippen LogP contribution in [0, 0.1) is 11.7 Å². The van der Waals surface area contributed by atoms with Crippen molar-refractivity contribution in [3.05, 3.63) is 65.7 Å². The number of rotatable bonds is 6. The fourth-order valence-corrected chi connectivity index (χ4v) is 3.86. The van der Waals surface area contributed by atoms with Gasteiger partial charge in [0.2, 0.25) is 5.91 Å². The summed E-state index contributed by atoms with van der Waals surface area (Å²) in [5.41, 5.74) is 1.23. The van der Waals surface area contributed by atoms with Crippen LogP contribution in [0.15, 0.2) is 48.8 Å². The second-order valence-corrected chi connectivity index (χ2v) is 8.09. The van der Waals surface area contributed by atoms with Gasteiger partial charge in [0.25, 0.3) is 0 Å². The fraction of sp³-hybridized carbons (Fsp3) is 0.435. The molecule has 4 rings (SSSR count). The first-order chi connectivity index (χ1) is 16.1. The predicted octanol–water partition coefficient (Wildman–Crippen LogP) is 3.23. The van der Waals surface area contributed by atoms with Gasteiger partial charge in [-0.05, 0) is 35.7 Å². The molecule has 0 aliphatic carbocycles. The minimum absolute atomic E-state index is 0.0577. The average molecular weight is 484 g/mol. The maximum absolute atomic E-state index is 13.8. The third kappa shape index (κ3) is 6.51. The van der Waals surface area contributed by atoms with Gasteiger partial charge < -0.3 is 19.5 Å². The summed E-state index contributed by atoms with van der Waals surface area (Å²) in [5.74, 6) is -2.87. The highest BCUT2D eigenvalue weighted by molar-refractivity contribution is 5.80. The average Bonchev–Trinajstić information content (AvgIpc) is 3.19. The number of carbonyl (C=O) groups is 2. The molecular weight excluding hydrogens is 460 g/mol. The van der Waals surface area contributed by atoms with Gasteiger partial charge in [-0.2, -0.15) is 13.2 Å². The first-order valence-electron chi connectivity index (χ1n) is 10.5. The Balaban J connectivity index is 0.000000406. The van der Waals surface area contributed by atoms with Crippen molar-refractivity contribution in [2.75, 3.05) is 26.3 Å². The molecule has 1 amide bonds. The van der Waals surface area contributed by atoms with Crippen LogP contribution in [0.1, 0.15) is 17.5 Å². The standard InChI is InChI=1S/C21H23FN2O3.C2HF3O2/c22-19-4-2-1-3-17(19)11-20(25)24-14-21(15-24)18(7-10-27-21)13-26-12-16-5-8-23-9-6-16;3-2(4,5)1(6)7/h1-6,8-9,18H,7,10-15H2;(H,6,7). The zero-order chi connectivity index (χ0) is 24.8. The van der Waals surface area contributed by atoms with Gasteiger partial charge in [0.15, 0.2) is 0 Å². The molecule has 2 fully saturated rings. The number of aliphatic carboxylic acids is 1. The van der Waals surface area contributed by atoms with Crippen molar-refractivity contribution in [1.82, 2.24) is 9.88 Å². The molecule has 1 atom stereocenters. The van der Waals surface area contributed by atoms with Gasteiger partial charge in [-0.3, -0.25) is 9.78 Å². The van der Waals surface area contributed by atoms with E-state index < -0.39 is 12.1 Å². The lowest BCUT2D eigenvalue weighted by atomic mass is 9.81. The molecule has 34 heavy (non-hydrogen) atoms. The van der Waals surface area contributed by atoms with Crippen molar-refractivity contribution >= 4 is 11.9 Å². The SMILES string of the molecule is O=C(Cc1ccccc1F)N1CC2(C1)OCCC2COCc1ccncc1.O=C(O)C(F)(F)F. The number of hydrogen-bond donors (Lipinski definition) is 1. The van der Waals surface area contributed by atoms with E-state index in [0.29, 0.717) is 38.5 Å². The largest absolute Gasteiger partial charge is 0.490 e. The summed E-state index contributed by atoms with van der Waals surface area (Å²) in [6.45, 7) is 2.97. The number of ether oxygens (including phenoxy) is 2. The number of carboxylic acid groups (broad SMARTS) is 1. The van der Waals surface area contributed by atoms with Crippen LogP contribution in [-0.4, -0.2) is 64.9 Å². The maximum Gasteiger partial charge on any atom is 0.490 e. The number of pyridine rings is 1. The molecular formula is C23H24F4N2O5. The van der Waals surface area contributed by atoms with Crippen LogP contribution in [0.2, 0.25) is 0 Å². The van der Waals surface area contributed by atoms with Crippen LogP contribution in [0.25, 0.3) is 0 Å². The van der Waals surface area contributed by atoms with Crippen molar-refractivity contribution in [3.63, 3.8) is 0 Å². The highest BCUT2D eigenvalue weighted by Gasteiger charge is 2.54. The van der Waals surface area contributed by atoms with Gasteiger partial charge >= 0.3 is 12.1 Å². The number of likely N-dealkylation sites (tertiary alicyclic amines) is 1. The monoisotopic (exact) mass is 484 g/mol. The minimum atomic E-state index is -5.08. The number of carbonyl (C=O) groups excluding carboxylic acids is 1. The lowest BCUT2D eigenvalue weighted by molar-refractivity contribution is -0.192. The van der Waals surface area contributed by atoms with Crippen molar-refractivity contribution in [2.45, 2.75) is 31.2 Å². The van der Waals surface area contributed by atoms with Crippen LogP contribution in [0.3, 0.4) is 0 Å². The Morgan fingerprint density at radius 3 is 2.44 bits per heavy atom. The maximum atomic E-state index is 13.8. The predicted molar refractivity (Wildman–Crippen MR) is 111 cm³/mol. The van der Waals surface area contributed by atoms with Gasteiger partial charge in [-0.25, -0.2) is 9.18 Å². The van der Waals surface area contributed by atoms with Crippen LogP contribution in [-0.2, 0) is 32.1 Å².